The minimum absolute atomic E-state index is 0. The van der Waals surface area contributed by atoms with Crippen molar-refractivity contribution in [1.82, 2.24) is 9.97 Å². The van der Waals surface area contributed by atoms with Crippen LogP contribution in [0.25, 0.3) is 32.7 Å². The van der Waals surface area contributed by atoms with Crippen LogP contribution >= 0.6 is 0 Å². The van der Waals surface area contributed by atoms with Gasteiger partial charge >= 0.3 is 0 Å². The standard InChI is InChI=1S/C22H21N3O.H2/c1-4-14(5-2)16-9-19-17(10-21(16)26-3)22-18(12-24-19)15-7-6-13(11-23)8-20(15)25-22;/h6-10,12,14,25H,4-5H2,1-3H3;1H. The summed E-state index contributed by atoms with van der Waals surface area (Å²) in [5.41, 5.74) is 4.83. The van der Waals surface area contributed by atoms with Crippen molar-refractivity contribution in [2.45, 2.75) is 32.6 Å². The molecule has 26 heavy (non-hydrogen) atoms. The zero-order valence-electron chi connectivity index (χ0n) is 15.3. The van der Waals surface area contributed by atoms with E-state index in [1.165, 1.54) is 5.56 Å². The van der Waals surface area contributed by atoms with Gasteiger partial charge in [0.05, 0.1) is 29.8 Å². The Morgan fingerprint density at radius 2 is 1.96 bits per heavy atom. The van der Waals surface area contributed by atoms with Crippen LogP contribution in [-0.4, -0.2) is 17.1 Å². The number of aromatic amines is 1. The number of aromatic nitrogens is 2. The number of pyridine rings is 1. The van der Waals surface area contributed by atoms with E-state index in [-0.39, 0.29) is 1.43 Å². The van der Waals surface area contributed by atoms with Crippen molar-refractivity contribution < 1.29 is 6.16 Å². The summed E-state index contributed by atoms with van der Waals surface area (Å²) in [4.78, 5) is 8.20. The monoisotopic (exact) mass is 345 g/mol. The first-order valence-electron chi connectivity index (χ1n) is 9.02. The summed E-state index contributed by atoms with van der Waals surface area (Å²) in [6.07, 6.45) is 4.07. The van der Waals surface area contributed by atoms with Crippen molar-refractivity contribution in [3.63, 3.8) is 0 Å². The molecule has 0 unspecified atom stereocenters. The minimum Gasteiger partial charge on any atom is -0.496 e. The molecule has 0 saturated carbocycles. The fourth-order valence-electron chi connectivity index (χ4n) is 3.89. The largest absolute Gasteiger partial charge is 0.496 e. The predicted molar refractivity (Wildman–Crippen MR) is 108 cm³/mol. The lowest BCUT2D eigenvalue weighted by molar-refractivity contribution is 0.404. The Hall–Kier alpha value is -3.06. The highest BCUT2D eigenvalue weighted by molar-refractivity contribution is 6.16. The third kappa shape index (κ3) is 2.40. The number of ether oxygens (including phenoxy) is 1. The Balaban J connectivity index is 0.00000210. The summed E-state index contributed by atoms with van der Waals surface area (Å²) in [5.74, 6) is 1.38. The molecule has 2 aromatic carbocycles. The van der Waals surface area contributed by atoms with Crippen molar-refractivity contribution in [3.8, 4) is 11.8 Å². The summed E-state index contributed by atoms with van der Waals surface area (Å²) in [6, 6.07) is 12.2. The van der Waals surface area contributed by atoms with Crippen molar-refractivity contribution in [2.24, 2.45) is 0 Å². The maximum atomic E-state index is 9.15. The zero-order chi connectivity index (χ0) is 18.3. The van der Waals surface area contributed by atoms with Crippen molar-refractivity contribution in [3.05, 3.63) is 47.7 Å². The SMILES string of the molecule is CCC(CC)c1cc2ncc3c4ccc(C#N)cc4[nH]c3c2cc1OC.[HH]. The second kappa shape index (κ2) is 6.34. The number of nitriles is 1. The first-order chi connectivity index (χ1) is 12.7. The van der Waals surface area contributed by atoms with Gasteiger partial charge in [-0.15, -0.1) is 0 Å². The van der Waals surface area contributed by atoms with Crippen LogP contribution in [0.15, 0.2) is 36.5 Å². The number of hydrogen-bond donors (Lipinski definition) is 1. The van der Waals surface area contributed by atoms with E-state index in [1.807, 2.05) is 24.4 Å². The number of benzene rings is 2. The van der Waals surface area contributed by atoms with E-state index in [2.05, 4.69) is 37.0 Å². The second-order valence-corrected chi connectivity index (χ2v) is 6.67. The maximum absolute atomic E-state index is 9.15. The molecule has 0 atom stereocenters. The number of nitrogens with one attached hydrogen (secondary N) is 1. The molecule has 4 aromatic rings. The zero-order valence-corrected chi connectivity index (χ0v) is 15.3. The maximum Gasteiger partial charge on any atom is 0.123 e. The lowest BCUT2D eigenvalue weighted by Gasteiger charge is -2.17. The second-order valence-electron chi connectivity index (χ2n) is 6.67. The Kier molecular flexibility index (Phi) is 4.00. The van der Waals surface area contributed by atoms with E-state index in [0.717, 1.165) is 51.3 Å². The summed E-state index contributed by atoms with van der Waals surface area (Å²) in [5, 5.41) is 12.3. The van der Waals surface area contributed by atoms with Gasteiger partial charge in [0, 0.05) is 29.3 Å². The molecule has 0 aliphatic rings. The van der Waals surface area contributed by atoms with Gasteiger partial charge in [0.2, 0.25) is 0 Å². The Morgan fingerprint density at radius 1 is 1.15 bits per heavy atom. The molecule has 4 rings (SSSR count). The number of rotatable bonds is 4. The molecule has 2 aromatic heterocycles. The van der Waals surface area contributed by atoms with E-state index in [9.17, 15) is 0 Å². The third-order valence-electron chi connectivity index (χ3n) is 5.34. The number of H-pyrrole nitrogens is 1. The quantitative estimate of drug-likeness (QED) is 0.501. The Morgan fingerprint density at radius 3 is 2.65 bits per heavy atom. The van der Waals surface area contributed by atoms with Gasteiger partial charge in [0.15, 0.2) is 0 Å². The average molecular weight is 345 g/mol. The van der Waals surface area contributed by atoms with Crippen LogP contribution in [0.3, 0.4) is 0 Å². The van der Waals surface area contributed by atoms with Crippen molar-refractivity contribution in [2.75, 3.05) is 7.11 Å². The molecule has 0 fully saturated rings. The average Bonchev–Trinajstić information content (AvgIpc) is 3.06. The fourth-order valence-corrected chi connectivity index (χ4v) is 3.89. The van der Waals surface area contributed by atoms with Gasteiger partial charge in [-0.1, -0.05) is 19.9 Å². The smallest absolute Gasteiger partial charge is 0.123 e. The highest BCUT2D eigenvalue weighted by Crippen LogP contribution is 2.37. The summed E-state index contributed by atoms with van der Waals surface area (Å²) < 4.78 is 5.71. The lowest BCUT2D eigenvalue weighted by Crippen LogP contribution is -2.00. The molecule has 0 spiro atoms. The Bertz CT molecular complexity index is 1170. The van der Waals surface area contributed by atoms with Gasteiger partial charge in [-0.3, -0.25) is 4.98 Å². The van der Waals surface area contributed by atoms with Gasteiger partial charge in [-0.25, -0.2) is 0 Å². The third-order valence-corrected chi connectivity index (χ3v) is 5.34. The van der Waals surface area contributed by atoms with Gasteiger partial charge in [-0.05, 0) is 48.6 Å². The molecule has 0 aliphatic carbocycles. The predicted octanol–water partition coefficient (Wildman–Crippen LogP) is 5.90. The molecule has 0 saturated heterocycles. The van der Waals surface area contributed by atoms with Crippen molar-refractivity contribution >= 4 is 32.7 Å². The highest BCUT2D eigenvalue weighted by Gasteiger charge is 2.17. The summed E-state index contributed by atoms with van der Waals surface area (Å²) in [6.45, 7) is 4.41. The molecule has 1 N–H and O–H groups in total. The van der Waals surface area contributed by atoms with E-state index < -0.39 is 0 Å². The van der Waals surface area contributed by atoms with E-state index in [4.69, 9.17) is 15.0 Å². The molecule has 0 aliphatic heterocycles. The van der Waals surface area contributed by atoms with E-state index >= 15 is 0 Å². The van der Waals surface area contributed by atoms with Crippen LogP contribution in [0.5, 0.6) is 5.75 Å². The topological polar surface area (TPSA) is 61.7 Å². The van der Waals surface area contributed by atoms with Crippen LogP contribution < -0.4 is 4.74 Å². The lowest BCUT2D eigenvalue weighted by atomic mass is 9.92. The molecule has 0 amide bonds. The van der Waals surface area contributed by atoms with Crippen LogP contribution in [0.4, 0.5) is 0 Å². The highest BCUT2D eigenvalue weighted by atomic mass is 16.5. The van der Waals surface area contributed by atoms with Gasteiger partial charge in [0.25, 0.3) is 0 Å². The summed E-state index contributed by atoms with van der Waals surface area (Å²) in [7, 11) is 1.73. The van der Waals surface area contributed by atoms with Crippen LogP contribution in [0.1, 0.15) is 45.2 Å². The van der Waals surface area contributed by atoms with Crippen LogP contribution in [0.2, 0.25) is 0 Å². The van der Waals surface area contributed by atoms with Crippen LogP contribution in [0, 0.1) is 11.3 Å². The fraction of sp³-hybridized carbons (Fsp3) is 0.273. The number of methoxy groups -OCH3 is 1. The first-order valence-corrected chi connectivity index (χ1v) is 9.02. The summed E-state index contributed by atoms with van der Waals surface area (Å²) >= 11 is 0. The van der Waals surface area contributed by atoms with E-state index in [0.29, 0.717) is 11.5 Å². The Labute approximate surface area is 153 Å². The van der Waals surface area contributed by atoms with Gasteiger partial charge < -0.3 is 9.72 Å². The molecule has 132 valence electrons. The number of hydrogen-bond acceptors (Lipinski definition) is 3. The molecule has 0 radical (unpaired) electrons. The molecule has 4 heteroatoms. The normalized spacial score (nSPS) is 11.5. The number of nitrogens with zero attached hydrogens (tertiary/aromatic N) is 2. The molecule has 4 nitrogen and oxygen atoms in total. The molecule has 2 heterocycles. The van der Waals surface area contributed by atoms with Gasteiger partial charge in [-0.2, -0.15) is 5.26 Å². The van der Waals surface area contributed by atoms with Crippen LogP contribution in [-0.2, 0) is 0 Å². The molecular weight excluding hydrogens is 322 g/mol. The molecular formula is C22H23N3O. The van der Waals surface area contributed by atoms with E-state index in [1.54, 1.807) is 7.11 Å². The first kappa shape index (κ1) is 16.4. The minimum atomic E-state index is 0. The van der Waals surface area contributed by atoms with Crippen molar-refractivity contribution in [1.29, 1.82) is 5.26 Å². The number of fused-ring (bicyclic) bond motifs is 5. The van der Waals surface area contributed by atoms with Gasteiger partial charge in [0.1, 0.15) is 5.75 Å². The molecule has 0 bridgehead atoms.